The summed E-state index contributed by atoms with van der Waals surface area (Å²) in [5, 5.41) is 1.58. The summed E-state index contributed by atoms with van der Waals surface area (Å²) < 4.78 is 13.5. The highest BCUT2D eigenvalue weighted by Gasteiger charge is 2.15. The third-order valence-electron chi connectivity index (χ3n) is 5.52. The summed E-state index contributed by atoms with van der Waals surface area (Å²) in [6, 6.07) is 19.0. The van der Waals surface area contributed by atoms with Crippen molar-refractivity contribution in [1.29, 1.82) is 0 Å². The molecule has 0 amide bonds. The predicted octanol–water partition coefficient (Wildman–Crippen LogP) is 5.66. The smallest absolute Gasteiger partial charge is 0.266 e. The van der Waals surface area contributed by atoms with Crippen molar-refractivity contribution in [3.05, 3.63) is 92.2 Å². The van der Waals surface area contributed by atoms with Gasteiger partial charge >= 0.3 is 0 Å². The van der Waals surface area contributed by atoms with Gasteiger partial charge in [-0.05, 0) is 83.3 Å². The van der Waals surface area contributed by atoms with Crippen LogP contribution in [0.5, 0.6) is 11.5 Å². The van der Waals surface area contributed by atoms with Gasteiger partial charge in [0.15, 0.2) is 0 Å². The van der Waals surface area contributed by atoms with Gasteiger partial charge in [-0.2, -0.15) is 0 Å². The van der Waals surface area contributed by atoms with Crippen molar-refractivity contribution >= 4 is 56.5 Å². The molecule has 0 spiro atoms. The Morgan fingerprint density at radius 3 is 2.64 bits per heavy atom. The van der Waals surface area contributed by atoms with E-state index in [1.807, 2.05) is 79.0 Å². The van der Waals surface area contributed by atoms with Crippen LogP contribution in [0.2, 0.25) is 0 Å². The second-order valence-electron chi connectivity index (χ2n) is 7.43. The minimum atomic E-state index is -0.150. The van der Waals surface area contributed by atoms with Crippen molar-refractivity contribution in [1.82, 2.24) is 14.5 Å². The molecular formula is C26H20IN3O3. The van der Waals surface area contributed by atoms with Gasteiger partial charge in [0.25, 0.3) is 5.56 Å². The van der Waals surface area contributed by atoms with E-state index >= 15 is 0 Å². The van der Waals surface area contributed by atoms with Crippen LogP contribution in [0.3, 0.4) is 0 Å². The number of nitrogens with zero attached hydrogens (tertiary/aromatic N) is 2. The fraction of sp³-hybridized carbons (Fsp3) is 0.0769. The van der Waals surface area contributed by atoms with E-state index < -0.39 is 0 Å². The molecule has 0 atom stereocenters. The van der Waals surface area contributed by atoms with E-state index in [-0.39, 0.29) is 5.56 Å². The first-order chi connectivity index (χ1) is 16.1. The molecular weight excluding hydrogens is 529 g/mol. The molecule has 2 heterocycles. The lowest BCUT2D eigenvalue weighted by atomic mass is 10.1. The summed E-state index contributed by atoms with van der Waals surface area (Å²) in [6.07, 6.45) is 5.73. The van der Waals surface area contributed by atoms with E-state index in [1.54, 1.807) is 18.8 Å². The third kappa shape index (κ3) is 3.89. The number of aromatic amines is 1. The van der Waals surface area contributed by atoms with Crippen molar-refractivity contribution in [2.75, 3.05) is 14.2 Å². The molecule has 0 unspecified atom stereocenters. The standard InChI is InChI=1S/C26H20IN3O3/c1-32-18-9-11-21-19(14-18)16(15-28-21)7-12-25-29-22-10-8-17(27)13-20(22)26(31)30(25)23-5-3-4-6-24(23)33-2/h3-15,28H,1-2H3. The summed E-state index contributed by atoms with van der Waals surface area (Å²) in [6.45, 7) is 0. The Kier molecular flexibility index (Phi) is 5.63. The highest BCUT2D eigenvalue weighted by Crippen LogP contribution is 2.27. The molecule has 0 bridgehead atoms. The molecule has 0 aliphatic rings. The van der Waals surface area contributed by atoms with Crippen LogP contribution in [0.4, 0.5) is 0 Å². The van der Waals surface area contributed by atoms with Gasteiger partial charge in [0.05, 0.1) is 30.8 Å². The molecule has 0 saturated heterocycles. The zero-order valence-corrected chi connectivity index (χ0v) is 20.2. The number of hydrogen-bond acceptors (Lipinski definition) is 4. The Labute approximate surface area is 203 Å². The van der Waals surface area contributed by atoms with Crippen molar-refractivity contribution < 1.29 is 9.47 Å². The Balaban J connectivity index is 1.74. The van der Waals surface area contributed by atoms with Crippen molar-refractivity contribution in [3.8, 4) is 17.2 Å². The molecule has 164 valence electrons. The minimum Gasteiger partial charge on any atom is -0.497 e. The molecule has 6 nitrogen and oxygen atoms in total. The van der Waals surface area contributed by atoms with E-state index in [1.165, 1.54) is 0 Å². The number of nitrogens with one attached hydrogen (secondary N) is 1. The first kappa shape index (κ1) is 21.3. The number of methoxy groups -OCH3 is 2. The normalized spacial score (nSPS) is 11.5. The van der Waals surface area contributed by atoms with Gasteiger partial charge in [-0.25, -0.2) is 4.98 Å². The second-order valence-corrected chi connectivity index (χ2v) is 8.68. The molecule has 3 aromatic carbocycles. The van der Waals surface area contributed by atoms with Crippen LogP contribution < -0.4 is 15.0 Å². The number of para-hydroxylation sites is 2. The largest absolute Gasteiger partial charge is 0.497 e. The maximum absolute atomic E-state index is 13.6. The van der Waals surface area contributed by atoms with Crippen molar-refractivity contribution in [2.45, 2.75) is 0 Å². The number of H-pyrrole nitrogens is 1. The SMILES string of the molecule is COc1ccc2[nH]cc(C=Cc3nc4ccc(I)cc4c(=O)n3-c3ccccc3OC)c2c1. The first-order valence-corrected chi connectivity index (χ1v) is 11.4. The van der Waals surface area contributed by atoms with E-state index in [0.29, 0.717) is 28.2 Å². The number of aromatic nitrogens is 3. The van der Waals surface area contributed by atoms with E-state index in [0.717, 1.165) is 25.8 Å². The molecule has 0 saturated carbocycles. The number of ether oxygens (including phenoxy) is 2. The van der Waals surface area contributed by atoms with Gasteiger partial charge in [-0.1, -0.05) is 12.1 Å². The molecule has 0 radical (unpaired) electrons. The topological polar surface area (TPSA) is 69.1 Å². The number of fused-ring (bicyclic) bond motifs is 2. The second kappa shape index (κ2) is 8.74. The lowest BCUT2D eigenvalue weighted by Crippen LogP contribution is -2.23. The average Bonchev–Trinajstić information content (AvgIpc) is 3.25. The molecule has 0 aliphatic carbocycles. The quantitative estimate of drug-likeness (QED) is 0.288. The van der Waals surface area contributed by atoms with E-state index in [9.17, 15) is 4.79 Å². The number of hydrogen-bond donors (Lipinski definition) is 1. The van der Waals surface area contributed by atoms with E-state index in [4.69, 9.17) is 14.5 Å². The van der Waals surface area contributed by atoms with Gasteiger partial charge in [0.2, 0.25) is 0 Å². The van der Waals surface area contributed by atoms with Gasteiger partial charge in [-0.3, -0.25) is 9.36 Å². The van der Waals surface area contributed by atoms with Crippen LogP contribution in [0.25, 0.3) is 39.6 Å². The summed E-state index contributed by atoms with van der Waals surface area (Å²) in [7, 11) is 3.24. The minimum absolute atomic E-state index is 0.150. The van der Waals surface area contributed by atoms with Gasteiger partial charge in [0, 0.05) is 26.2 Å². The lowest BCUT2D eigenvalue weighted by molar-refractivity contribution is 0.412. The predicted molar refractivity (Wildman–Crippen MR) is 140 cm³/mol. The first-order valence-electron chi connectivity index (χ1n) is 10.3. The fourth-order valence-corrected chi connectivity index (χ4v) is 4.38. The van der Waals surface area contributed by atoms with Gasteiger partial charge < -0.3 is 14.5 Å². The van der Waals surface area contributed by atoms with Crippen LogP contribution in [0.1, 0.15) is 11.4 Å². The zero-order chi connectivity index (χ0) is 22.9. The van der Waals surface area contributed by atoms with Crippen molar-refractivity contribution in [3.63, 3.8) is 0 Å². The molecule has 2 aromatic heterocycles. The van der Waals surface area contributed by atoms with Gasteiger partial charge in [-0.15, -0.1) is 0 Å². The molecule has 33 heavy (non-hydrogen) atoms. The summed E-state index contributed by atoms with van der Waals surface area (Å²) >= 11 is 2.20. The van der Waals surface area contributed by atoms with E-state index in [2.05, 4.69) is 27.6 Å². The van der Waals surface area contributed by atoms with Crippen LogP contribution in [-0.2, 0) is 0 Å². The summed E-state index contributed by atoms with van der Waals surface area (Å²) in [4.78, 5) is 21.7. The average molecular weight is 549 g/mol. The molecule has 0 fully saturated rings. The van der Waals surface area contributed by atoms with Crippen LogP contribution >= 0.6 is 22.6 Å². The summed E-state index contributed by atoms with van der Waals surface area (Å²) in [5.74, 6) is 1.88. The Morgan fingerprint density at radius 2 is 1.82 bits per heavy atom. The molecule has 7 heteroatoms. The lowest BCUT2D eigenvalue weighted by Gasteiger charge is -2.14. The number of benzene rings is 3. The maximum Gasteiger partial charge on any atom is 0.266 e. The highest BCUT2D eigenvalue weighted by molar-refractivity contribution is 14.1. The molecule has 1 N–H and O–H groups in total. The Hall–Kier alpha value is -3.59. The molecule has 0 aliphatic heterocycles. The monoisotopic (exact) mass is 549 g/mol. The summed E-state index contributed by atoms with van der Waals surface area (Å²) in [5.41, 5.74) is 3.10. The fourth-order valence-electron chi connectivity index (χ4n) is 3.88. The number of halogens is 1. The Bertz CT molecular complexity index is 1580. The van der Waals surface area contributed by atoms with Crippen molar-refractivity contribution in [2.24, 2.45) is 0 Å². The number of rotatable bonds is 5. The van der Waals surface area contributed by atoms with Crippen LogP contribution in [-0.4, -0.2) is 28.8 Å². The third-order valence-corrected chi connectivity index (χ3v) is 6.19. The highest BCUT2D eigenvalue weighted by atomic mass is 127. The van der Waals surface area contributed by atoms with Crippen LogP contribution in [0.15, 0.2) is 71.7 Å². The molecule has 5 aromatic rings. The zero-order valence-electron chi connectivity index (χ0n) is 18.0. The van der Waals surface area contributed by atoms with Crippen LogP contribution in [0, 0.1) is 3.57 Å². The maximum atomic E-state index is 13.6. The van der Waals surface area contributed by atoms with Gasteiger partial charge in [0.1, 0.15) is 17.3 Å². The Morgan fingerprint density at radius 1 is 0.970 bits per heavy atom. The molecule has 5 rings (SSSR count).